The van der Waals surface area contributed by atoms with Crippen LogP contribution in [-0.2, 0) is 11.4 Å². The van der Waals surface area contributed by atoms with Gasteiger partial charge in [0.25, 0.3) is 11.5 Å². The standard InChI is InChI=1S/C25H23N3O5/c1-17-11-12-28-23(13-17)26-18(14-25(28)30)15-33-22-6-4-3-5-21(22)27-24(29)16-32-20-9-7-19(31-2)8-10-20/h3-14H,15-16H2,1-2H3,(H,27,29). The Morgan fingerprint density at radius 1 is 1.00 bits per heavy atom. The number of nitrogens with one attached hydrogen (secondary N) is 1. The average Bonchev–Trinajstić information content (AvgIpc) is 2.82. The molecule has 0 bridgehead atoms. The number of ether oxygens (including phenoxy) is 3. The van der Waals surface area contributed by atoms with E-state index in [2.05, 4.69) is 10.3 Å². The number of fused-ring (bicyclic) bond motifs is 1. The molecule has 0 radical (unpaired) electrons. The van der Waals surface area contributed by atoms with Crippen molar-refractivity contribution >= 4 is 17.2 Å². The Kier molecular flexibility index (Phi) is 6.54. The number of carbonyl (C=O) groups is 1. The molecule has 0 saturated heterocycles. The maximum absolute atomic E-state index is 12.4. The minimum Gasteiger partial charge on any atom is -0.497 e. The van der Waals surface area contributed by atoms with Gasteiger partial charge in [-0.3, -0.25) is 14.0 Å². The fraction of sp³-hybridized carbons (Fsp3) is 0.160. The monoisotopic (exact) mass is 445 g/mol. The zero-order chi connectivity index (χ0) is 23.2. The fourth-order valence-electron chi connectivity index (χ4n) is 3.18. The molecule has 4 aromatic rings. The second-order valence-corrected chi connectivity index (χ2v) is 7.32. The van der Waals surface area contributed by atoms with E-state index in [4.69, 9.17) is 14.2 Å². The first-order chi connectivity index (χ1) is 16.0. The quantitative estimate of drug-likeness (QED) is 0.446. The number of pyridine rings is 1. The average molecular weight is 445 g/mol. The van der Waals surface area contributed by atoms with Crippen LogP contribution in [0.15, 0.2) is 77.7 Å². The van der Waals surface area contributed by atoms with Crippen LogP contribution in [0.2, 0.25) is 0 Å². The number of methoxy groups -OCH3 is 1. The normalized spacial score (nSPS) is 10.6. The number of hydrogen-bond acceptors (Lipinski definition) is 6. The van der Waals surface area contributed by atoms with Crippen LogP contribution < -0.4 is 25.1 Å². The molecule has 0 fully saturated rings. The zero-order valence-electron chi connectivity index (χ0n) is 18.3. The molecule has 0 atom stereocenters. The predicted octanol–water partition coefficient (Wildman–Crippen LogP) is 3.61. The summed E-state index contributed by atoms with van der Waals surface area (Å²) in [5.41, 5.74) is 2.36. The summed E-state index contributed by atoms with van der Waals surface area (Å²) in [6, 6.07) is 19.1. The number of amides is 1. The Bertz CT molecular complexity index is 1330. The van der Waals surface area contributed by atoms with Gasteiger partial charge in [0.1, 0.15) is 29.5 Å². The smallest absolute Gasteiger partial charge is 0.262 e. The van der Waals surface area contributed by atoms with Crippen LogP contribution in [-0.4, -0.2) is 29.0 Å². The predicted molar refractivity (Wildman–Crippen MR) is 124 cm³/mol. The first-order valence-corrected chi connectivity index (χ1v) is 10.3. The van der Waals surface area contributed by atoms with Gasteiger partial charge in [-0.1, -0.05) is 12.1 Å². The highest BCUT2D eigenvalue weighted by Gasteiger charge is 2.10. The van der Waals surface area contributed by atoms with Crippen molar-refractivity contribution in [3.05, 3.63) is 94.5 Å². The Hall–Kier alpha value is -4.33. The summed E-state index contributed by atoms with van der Waals surface area (Å²) in [6.07, 6.45) is 1.70. The highest BCUT2D eigenvalue weighted by atomic mass is 16.5. The second-order valence-electron chi connectivity index (χ2n) is 7.32. The highest BCUT2D eigenvalue weighted by Crippen LogP contribution is 2.25. The van der Waals surface area contributed by atoms with Crippen molar-refractivity contribution in [1.29, 1.82) is 0 Å². The van der Waals surface area contributed by atoms with E-state index in [0.29, 0.717) is 34.3 Å². The van der Waals surface area contributed by atoms with Gasteiger partial charge in [-0.2, -0.15) is 0 Å². The van der Waals surface area contributed by atoms with Crippen LogP contribution in [0.1, 0.15) is 11.3 Å². The molecule has 4 rings (SSSR count). The van der Waals surface area contributed by atoms with Gasteiger partial charge in [-0.15, -0.1) is 0 Å². The van der Waals surface area contributed by atoms with E-state index in [0.717, 1.165) is 5.56 Å². The van der Waals surface area contributed by atoms with Crippen LogP contribution in [0.3, 0.4) is 0 Å². The van der Waals surface area contributed by atoms with Crippen molar-refractivity contribution in [2.24, 2.45) is 0 Å². The van der Waals surface area contributed by atoms with Crippen molar-refractivity contribution < 1.29 is 19.0 Å². The van der Waals surface area contributed by atoms with E-state index in [1.54, 1.807) is 61.8 Å². The van der Waals surface area contributed by atoms with Crippen molar-refractivity contribution in [1.82, 2.24) is 9.38 Å². The number of aryl methyl sites for hydroxylation is 1. The van der Waals surface area contributed by atoms with E-state index in [-0.39, 0.29) is 24.7 Å². The van der Waals surface area contributed by atoms with E-state index >= 15 is 0 Å². The molecule has 2 aromatic heterocycles. The van der Waals surface area contributed by atoms with Crippen LogP contribution in [0.25, 0.3) is 5.65 Å². The number of benzene rings is 2. The number of hydrogen-bond donors (Lipinski definition) is 1. The molecule has 168 valence electrons. The molecule has 1 N–H and O–H groups in total. The molecule has 8 heteroatoms. The minimum atomic E-state index is -0.334. The molecule has 0 saturated carbocycles. The number of carbonyl (C=O) groups excluding carboxylic acids is 1. The summed E-state index contributed by atoms with van der Waals surface area (Å²) >= 11 is 0. The fourth-order valence-corrected chi connectivity index (χ4v) is 3.18. The summed E-state index contributed by atoms with van der Waals surface area (Å²) in [5, 5.41) is 2.79. The van der Waals surface area contributed by atoms with Gasteiger partial charge in [0.2, 0.25) is 0 Å². The zero-order valence-corrected chi connectivity index (χ0v) is 18.3. The lowest BCUT2D eigenvalue weighted by Gasteiger charge is -2.13. The third kappa shape index (κ3) is 5.48. The Labute approximate surface area is 190 Å². The van der Waals surface area contributed by atoms with Gasteiger partial charge in [0.05, 0.1) is 18.5 Å². The van der Waals surface area contributed by atoms with Gasteiger partial charge in [-0.25, -0.2) is 4.98 Å². The first kappa shape index (κ1) is 21.9. The molecule has 0 aliphatic rings. The van der Waals surface area contributed by atoms with Gasteiger partial charge in [0, 0.05) is 12.3 Å². The maximum atomic E-state index is 12.4. The Balaban J connectivity index is 1.40. The SMILES string of the molecule is COc1ccc(OCC(=O)Nc2ccccc2OCc2cc(=O)n3ccc(C)cc3n2)cc1. The second kappa shape index (κ2) is 9.86. The molecule has 0 aliphatic carbocycles. The lowest BCUT2D eigenvalue weighted by atomic mass is 10.3. The number of rotatable bonds is 8. The van der Waals surface area contributed by atoms with Gasteiger partial charge < -0.3 is 19.5 Å². The van der Waals surface area contributed by atoms with Crippen LogP contribution >= 0.6 is 0 Å². The van der Waals surface area contributed by atoms with Gasteiger partial charge in [-0.05, 0) is 61.0 Å². The molecule has 0 spiro atoms. The van der Waals surface area contributed by atoms with Crippen LogP contribution in [0.4, 0.5) is 5.69 Å². The third-order valence-electron chi connectivity index (χ3n) is 4.84. The molecule has 0 unspecified atom stereocenters. The van der Waals surface area contributed by atoms with E-state index in [1.807, 2.05) is 19.1 Å². The van der Waals surface area contributed by atoms with Crippen LogP contribution in [0.5, 0.6) is 17.2 Å². The molecular formula is C25H23N3O5. The van der Waals surface area contributed by atoms with Crippen molar-refractivity contribution in [3.8, 4) is 17.2 Å². The van der Waals surface area contributed by atoms with Gasteiger partial charge in [0.15, 0.2) is 6.61 Å². The summed E-state index contributed by atoms with van der Waals surface area (Å²) in [7, 11) is 1.58. The molecule has 2 aromatic carbocycles. The molecule has 1 amide bonds. The van der Waals surface area contributed by atoms with Crippen molar-refractivity contribution in [2.75, 3.05) is 19.0 Å². The summed E-state index contributed by atoms with van der Waals surface area (Å²) in [5.74, 6) is 1.39. The van der Waals surface area contributed by atoms with Gasteiger partial charge >= 0.3 is 0 Å². The molecule has 8 nitrogen and oxygen atoms in total. The largest absolute Gasteiger partial charge is 0.497 e. The Morgan fingerprint density at radius 2 is 1.76 bits per heavy atom. The van der Waals surface area contributed by atoms with Crippen molar-refractivity contribution in [2.45, 2.75) is 13.5 Å². The summed E-state index contributed by atoms with van der Waals surface area (Å²) < 4.78 is 18.0. The van der Waals surface area contributed by atoms with Crippen molar-refractivity contribution in [3.63, 3.8) is 0 Å². The summed E-state index contributed by atoms with van der Waals surface area (Å²) in [6.45, 7) is 1.85. The Morgan fingerprint density at radius 3 is 2.55 bits per heavy atom. The van der Waals surface area contributed by atoms with E-state index in [9.17, 15) is 9.59 Å². The van der Waals surface area contributed by atoms with Crippen LogP contribution in [0, 0.1) is 6.92 Å². The number of para-hydroxylation sites is 2. The molecule has 2 heterocycles. The minimum absolute atomic E-state index is 0.0783. The first-order valence-electron chi connectivity index (χ1n) is 10.3. The lowest BCUT2D eigenvalue weighted by Crippen LogP contribution is -2.20. The third-order valence-corrected chi connectivity index (χ3v) is 4.84. The topological polar surface area (TPSA) is 91.2 Å². The molecule has 0 aliphatic heterocycles. The number of anilines is 1. The number of aromatic nitrogens is 2. The maximum Gasteiger partial charge on any atom is 0.262 e. The summed E-state index contributed by atoms with van der Waals surface area (Å²) in [4.78, 5) is 29.2. The van der Waals surface area contributed by atoms with E-state index < -0.39 is 0 Å². The highest BCUT2D eigenvalue weighted by molar-refractivity contribution is 5.93. The van der Waals surface area contributed by atoms with E-state index in [1.165, 1.54) is 10.5 Å². The molecular weight excluding hydrogens is 422 g/mol. The number of nitrogens with zero attached hydrogens (tertiary/aromatic N) is 2. The lowest BCUT2D eigenvalue weighted by molar-refractivity contribution is -0.118. The molecule has 33 heavy (non-hydrogen) atoms.